The highest BCUT2D eigenvalue weighted by molar-refractivity contribution is 8.00. The predicted molar refractivity (Wildman–Crippen MR) is 124 cm³/mol. The molecule has 1 N–H and O–H groups in total. The molecule has 1 aliphatic rings. The lowest BCUT2D eigenvalue weighted by molar-refractivity contribution is -0.127. The maximum atomic E-state index is 13.3. The zero-order valence-electron chi connectivity index (χ0n) is 17.4. The molecule has 1 fully saturated rings. The Hall–Kier alpha value is -2.84. The van der Waals surface area contributed by atoms with Gasteiger partial charge in [0.05, 0.1) is 5.25 Å². The first-order valence-electron chi connectivity index (χ1n) is 10.5. The number of aryl methyl sites for hydroxylation is 1. The van der Waals surface area contributed by atoms with E-state index >= 15 is 0 Å². The smallest absolute Gasteiger partial charge is 0.278 e. The summed E-state index contributed by atoms with van der Waals surface area (Å²) in [7, 11) is 0. The summed E-state index contributed by atoms with van der Waals surface area (Å²) in [5.41, 5.74) is 1.23. The molecule has 1 aliphatic heterocycles. The maximum Gasteiger partial charge on any atom is 0.343 e. The largest absolute Gasteiger partial charge is 0.343 e. The van der Waals surface area contributed by atoms with E-state index in [-0.39, 0.29) is 17.5 Å². The van der Waals surface area contributed by atoms with Gasteiger partial charge < -0.3 is 0 Å². The molecule has 1 unspecified atom stereocenters. The Morgan fingerprint density at radius 3 is 2.59 bits per heavy atom. The molecule has 1 saturated heterocycles. The number of aromatic nitrogens is 3. The van der Waals surface area contributed by atoms with E-state index in [0.717, 1.165) is 18.4 Å². The van der Waals surface area contributed by atoms with Crippen LogP contribution < -0.4 is 5.69 Å². The van der Waals surface area contributed by atoms with Gasteiger partial charge in [-0.1, -0.05) is 60.1 Å². The summed E-state index contributed by atoms with van der Waals surface area (Å²) >= 11 is 7.16. The summed E-state index contributed by atoms with van der Waals surface area (Å²) in [6.07, 6.45) is 2.84. The molecule has 32 heavy (non-hydrogen) atoms. The van der Waals surface area contributed by atoms with Gasteiger partial charge >= 0.3 is 5.69 Å². The topological polar surface area (TPSA) is 88.1 Å². The van der Waals surface area contributed by atoms with Crippen LogP contribution in [0.25, 0.3) is 0 Å². The molecule has 2 aromatic carbocycles. The quantitative estimate of drug-likeness (QED) is 0.554. The molecule has 3 aromatic rings. The summed E-state index contributed by atoms with van der Waals surface area (Å²) < 4.78 is 1.56. The second-order valence-corrected chi connectivity index (χ2v) is 9.21. The summed E-state index contributed by atoms with van der Waals surface area (Å²) in [4.78, 5) is 39.9. The summed E-state index contributed by atoms with van der Waals surface area (Å²) in [5.74, 6) is -0.583. The van der Waals surface area contributed by atoms with Crippen molar-refractivity contribution in [3.63, 3.8) is 0 Å². The zero-order valence-corrected chi connectivity index (χ0v) is 18.9. The third-order valence-corrected chi connectivity index (χ3v) is 6.91. The van der Waals surface area contributed by atoms with Gasteiger partial charge in [0, 0.05) is 23.7 Å². The van der Waals surface area contributed by atoms with Crippen molar-refractivity contribution in [1.82, 2.24) is 19.7 Å². The molecule has 0 saturated carbocycles. The summed E-state index contributed by atoms with van der Waals surface area (Å²) in [6, 6.07) is 16.4. The zero-order chi connectivity index (χ0) is 22.5. The number of benzene rings is 2. The molecule has 4 rings (SSSR count). The van der Waals surface area contributed by atoms with E-state index < -0.39 is 5.25 Å². The van der Waals surface area contributed by atoms with Crippen molar-refractivity contribution in [2.75, 3.05) is 6.54 Å². The average Bonchev–Trinajstić information content (AvgIpc) is 3.05. The summed E-state index contributed by atoms with van der Waals surface area (Å²) in [6.45, 7) is 0.828. The average molecular weight is 471 g/mol. The van der Waals surface area contributed by atoms with Crippen LogP contribution in [0.3, 0.4) is 0 Å². The van der Waals surface area contributed by atoms with Gasteiger partial charge in [0.15, 0.2) is 5.16 Å². The first-order chi connectivity index (χ1) is 15.5. The molecule has 0 radical (unpaired) electrons. The van der Waals surface area contributed by atoms with Gasteiger partial charge in [-0.25, -0.2) is 9.89 Å². The normalized spacial score (nSPS) is 16.7. The van der Waals surface area contributed by atoms with E-state index in [4.69, 9.17) is 11.6 Å². The molecule has 9 heteroatoms. The molecule has 0 bridgehead atoms. The number of hydrogen-bond donors (Lipinski definition) is 1. The van der Waals surface area contributed by atoms with E-state index in [0.29, 0.717) is 41.7 Å². The maximum absolute atomic E-state index is 13.3. The van der Waals surface area contributed by atoms with Gasteiger partial charge in [0.25, 0.3) is 5.91 Å². The van der Waals surface area contributed by atoms with Crippen LogP contribution >= 0.6 is 23.4 Å². The Bertz CT molecular complexity index is 1140. The SMILES string of the molecule is O=C(c1ccc(Cl)cc1)N1CCCCC(Sc2n[nH]c(=O)n2CCc2ccccc2)C1=O. The number of imide groups is 1. The van der Waals surface area contributed by atoms with Crippen LogP contribution in [-0.4, -0.2) is 43.3 Å². The Morgan fingerprint density at radius 1 is 1.09 bits per heavy atom. The highest BCUT2D eigenvalue weighted by atomic mass is 35.5. The molecular formula is C23H23ClN4O3S. The fourth-order valence-corrected chi connectivity index (χ4v) is 4.96. The Labute approximate surface area is 194 Å². The van der Waals surface area contributed by atoms with Crippen molar-refractivity contribution in [1.29, 1.82) is 0 Å². The number of H-pyrrole nitrogens is 1. The van der Waals surface area contributed by atoms with Crippen molar-refractivity contribution in [2.45, 2.75) is 42.6 Å². The Balaban J connectivity index is 1.50. The van der Waals surface area contributed by atoms with Crippen molar-refractivity contribution < 1.29 is 9.59 Å². The van der Waals surface area contributed by atoms with Crippen LogP contribution in [-0.2, 0) is 17.8 Å². The monoisotopic (exact) mass is 470 g/mol. The van der Waals surface area contributed by atoms with Gasteiger partial charge in [-0.3, -0.25) is 19.1 Å². The van der Waals surface area contributed by atoms with Crippen LogP contribution in [0.15, 0.2) is 64.5 Å². The molecule has 7 nitrogen and oxygen atoms in total. The Kier molecular flexibility index (Phi) is 7.12. The number of amides is 2. The number of carbonyl (C=O) groups is 2. The number of carbonyl (C=O) groups excluding carboxylic acids is 2. The number of nitrogens with zero attached hydrogens (tertiary/aromatic N) is 3. The van der Waals surface area contributed by atoms with Crippen molar-refractivity contribution >= 4 is 35.2 Å². The fraction of sp³-hybridized carbons (Fsp3) is 0.304. The number of rotatable bonds is 6. The second-order valence-electron chi connectivity index (χ2n) is 7.60. The van der Waals surface area contributed by atoms with E-state index in [1.807, 2.05) is 30.3 Å². The molecule has 2 amide bonds. The van der Waals surface area contributed by atoms with Crippen molar-refractivity contribution in [3.05, 3.63) is 81.2 Å². The standard InChI is InChI=1S/C23H23ClN4O3S/c24-18-11-9-17(10-12-18)20(29)27-14-5-4-8-19(21(27)30)32-23-26-25-22(31)28(23)15-13-16-6-2-1-3-7-16/h1-3,6-7,9-12,19H,4-5,8,13-15H2,(H,25,31). The molecule has 0 spiro atoms. The Morgan fingerprint density at radius 2 is 1.84 bits per heavy atom. The first kappa shape index (κ1) is 22.4. The van der Waals surface area contributed by atoms with Crippen LogP contribution in [0.2, 0.25) is 5.02 Å². The molecule has 2 heterocycles. The summed E-state index contributed by atoms with van der Waals surface area (Å²) in [5, 5.41) is 7.14. The lowest BCUT2D eigenvalue weighted by atomic mass is 10.1. The van der Waals surface area contributed by atoms with E-state index in [1.165, 1.54) is 16.7 Å². The van der Waals surface area contributed by atoms with Crippen molar-refractivity contribution in [2.24, 2.45) is 0 Å². The predicted octanol–water partition coefficient (Wildman–Crippen LogP) is 3.78. The highest BCUT2D eigenvalue weighted by Crippen LogP contribution is 2.29. The highest BCUT2D eigenvalue weighted by Gasteiger charge is 2.33. The van der Waals surface area contributed by atoms with E-state index in [1.54, 1.807) is 28.8 Å². The number of halogens is 1. The molecule has 1 aromatic heterocycles. The van der Waals surface area contributed by atoms with Gasteiger partial charge in [-0.15, -0.1) is 5.10 Å². The van der Waals surface area contributed by atoms with Crippen molar-refractivity contribution in [3.8, 4) is 0 Å². The lowest BCUT2D eigenvalue weighted by Gasteiger charge is -2.22. The van der Waals surface area contributed by atoms with Crippen LogP contribution in [0.1, 0.15) is 35.2 Å². The molecule has 1 atom stereocenters. The minimum Gasteiger partial charge on any atom is -0.278 e. The van der Waals surface area contributed by atoms with E-state index in [2.05, 4.69) is 10.2 Å². The third kappa shape index (κ3) is 5.14. The van der Waals surface area contributed by atoms with Crippen LogP contribution in [0.5, 0.6) is 0 Å². The number of thioether (sulfide) groups is 1. The number of likely N-dealkylation sites (tertiary alicyclic amines) is 1. The van der Waals surface area contributed by atoms with Gasteiger partial charge in [-0.05, 0) is 49.1 Å². The van der Waals surface area contributed by atoms with E-state index in [9.17, 15) is 14.4 Å². The number of hydrogen-bond acceptors (Lipinski definition) is 5. The fourth-order valence-electron chi connectivity index (χ4n) is 3.67. The third-order valence-electron chi connectivity index (χ3n) is 5.41. The van der Waals surface area contributed by atoms with Crippen LogP contribution in [0.4, 0.5) is 0 Å². The number of aromatic amines is 1. The van der Waals surface area contributed by atoms with Gasteiger partial charge in [0.2, 0.25) is 5.91 Å². The molecule has 166 valence electrons. The van der Waals surface area contributed by atoms with Gasteiger partial charge in [-0.2, -0.15) is 0 Å². The number of nitrogens with one attached hydrogen (secondary N) is 1. The van der Waals surface area contributed by atoms with Crippen LogP contribution in [0, 0.1) is 0 Å². The second kappa shape index (κ2) is 10.2. The minimum atomic E-state index is -0.487. The first-order valence-corrected chi connectivity index (χ1v) is 11.8. The molecular weight excluding hydrogens is 448 g/mol. The lowest BCUT2D eigenvalue weighted by Crippen LogP contribution is -2.41. The minimum absolute atomic E-state index is 0.252. The molecule has 0 aliphatic carbocycles. The van der Waals surface area contributed by atoms with Gasteiger partial charge in [0.1, 0.15) is 0 Å².